The minimum Gasteiger partial charge on any atom is -0.365 e. The van der Waals surface area contributed by atoms with E-state index in [-0.39, 0.29) is 6.42 Å². The Morgan fingerprint density at radius 2 is 1.35 bits per heavy atom. The fourth-order valence-electron chi connectivity index (χ4n) is 2.66. The molecule has 0 aliphatic carbocycles. The van der Waals surface area contributed by atoms with Crippen molar-refractivity contribution >= 4 is 23.2 Å². The molecule has 0 saturated carbocycles. The summed E-state index contributed by atoms with van der Waals surface area (Å²) < 4.78 is 4.50. The fraction of sp³-hybridized carbons (Fsp3) is 0.250. The predicted molar refractivity (Wildman–Crippen MR) is 79.8 cm³/mol. The van der Waals surface area contributed by atoms with Gasteiger partial charge in [0.15, 0.2) is 10.6 Å². The average Bonchev–Trinajstić information content (AvgIpc) is 2.72. The first-order valence-corrected chi connectivity index (χ1v) is 7.15. The van der Waals surface area contributed by atoms with Gasteiger partial charge in [0.25, 0.3) is 0 Å². The summed E-state index contributed by atoms with van der Waals surface area (Å²) in [6.07, 6.45) is -0.940. The van der Waals surface area contributed by atoms with E-state index in [0.717, 1.165) is 11.1 Å². The zero-order chi connectivity index (χ0) is 14.2. The molecule has 20 heavy (non-hydrogen) atoms. The summed E-state index contributed by atoms with van der Waals surface area (Å²) in [5.41, 5.74) is 1.02. The molecule has 2 nitrogen and oxygen atoms in total. The van der Waals surface area contributed by atoms with Crippen LogP contribution >= 0.6 is 23.2 Å². The van der Waals surface area contributed by atoms with Crippen molar-refractivity contribution in [2.45, 2.75) is 22.6 Å². The van der Waals surface area contributed by atoms with Crippen molar-refractivity contribution in [1.29, 1.82) is 0 Å². The Hall–Kier alpha value is -1.06. The lowest BCUT2D eigenvalue weighted by atomic mass is 9.84. The van der Waals surface area contributed by atoms with Gasteiger partial charge in [-0.05, 0) is 11.1 Å². The standard InChI is InChI=1S/C16H14Cl2O2/c17-16(18)11-15(20-14(16)19,12-7-3-1-4-8-12)13-9-5-2-6-10-13/h1-10,14,19H,11H2/t14-/m0/s1. The Kier molecular flexibility index (Phi) is 3.51. The van der Waals surface area contributed by atoms with E-state index in [9.17, 15) is 5.11 Å². The monoisotopic (exact) mass is 308 g/mol. The Balaban J connectivity index is 2.16. The SMILES string of the molecule is O[C@H]1OC(c2ccccc2)(c2ccccc2)CC1(Cl)Cl. The predicted octanol–water partition coefficient (Wildman–Crippen LogP) is 3.84. The highest BCUT2D eigenvalue weighted by molar-refractivity contribution is 6.49. The second-order valence-electron chi connectivity index (χ2n) is 4.97. The molecule has 0 bridgehead atoms. The van der Waals surface area contributed by atoms with E-state index in [2.05, 4.69) is 0 Å². The van der Waals surface area contributed by atoms with Crippen LogP contribution in [0.15, 0.2) is 60.7 Å². The Morgan fingerprint density at radius 1 is 0.900 bits per heavy atom. The summed E-state index contributed by atoms with van der Waals surface area (Å²) in [5, 5.41) is 10.0. The first-order valence-electron chi connectivity index (χ1n) is 6.39. The molecule has 0 aromatic heterocycles. The van der Waals surface area contributed by atoms with Crippen LogP contribution in [0.5, 0.6) is 0 Å². The highest BCUT2D eigenvalue weighted by Crippen LogP contribution is 2.52. The number of aliphatic hydroxyl groups is 1. The van der Waals surface area contributed by atoms with Gasteiger partial charge in [-0.3, -0.25) is 0 Å². The lowest BCUT2D eigenvalue weighted by molar-refractivity contribution is -0.126. The molecule has 0 spiro atoms. The number of rotatable bonds is 2. The number of benzene rings is 2. The third-order valence-electron chi connectivity index (χ3n) is 3.64. The molecule has 1 atom stereocenters. The Morgan fingerprint density at radius 3 is 1.70 bits per heavy atom. The highest BCUT2D eigenvalue weighted by atomic mass is 35.5. The van der Waals surface area contributed by atoms with Gasteiger partial charge in [-0.15, -0.1) is 0 Å². The number of ether oxygens (including phenoxy) is 1. The van der Waals surface area contributed by atoms with E-state index in [0.29, 0.717) is 0 Å². The average molecular weight is 309 g/mol. The van der Waals surface area contributed by atoms with Crippen molar-refractivity contribution in [3.05, 3.63) is 71.8 Å². The molecule has 2 aromatic carbocycles. The number of halogens is 2. The zero-order valence-corrected chi connectivity index (χ0v) is 12.2. The van der Waals surface area contributed by atoms with Crippen LogP contribution in [0.4, 0.5) is 0 Å². The van der Waals surface area contributed by atoms with Crippen LogP contribution in [-0.4, -0.2) is 15.7 Å². The third-order valence-corrected chi connectivity index (χ3v) is 4.28. The van der Waals surface area contributed by atoms with Crippen molar-refractivity contribution in [3.8, 4) is 0 Å². The molecule has 1 fully saturated rings. The van der Waals surface area contributed by atoms with Crippen LogP contribution in [0.2, 0.25) is 0 Å². The number of hydrogen-bond acceptors (Lipinski definition) is 2. The molecule has 104 valence electrons. The van der Waals surface area contributed by atoms with Crippen LogP contribution in [-0.2, 0) is 10.3 Å². The van der Waals surface area contributed by atoms with E-state index in [4.69, 9.17) is 27.9 Å². The molecule has 3 rings (SSSR count). The van der Waals surface area contributed by atoms with Gasteiger partial charge in [-0.2, -0.15) is 0 Å². The third kappa shape index (κ3) is 2.23. The molecular weight excluding hydrogens is 295 g/mol. The highest BCUT2D eigenvalue weighted by Gasteiger charge is 2.55. The van der Waals surface area contributed by atoms with Gasteiger partial charge < -0.3 is 9.84 Å². The second kappa shape index (κ2) is 5.05. The van der Waals surface area contributed by atoms with Crippen molar-refractivity contribution in [2.75, 3.05) is 0 Å². The van der Waals surface area contributed by atoms with Crippen molar-refractivity contribution in [3.63, 3.8) is 0 Å². The maximum atomic E-state index is 10.0. The molecule has 2 aromatic rings. The first kappa shape index (κ1) is 13.9. The van der Waals surface area contributed by atoms with Gasteiger partial charge in [-0.1, -0.05) is 83.9 Å². The minimum atomic E-state index is -1.33. The van der Waals surface area contributed by atoms with Gasteiger partial charge in [0.2, 0.25) is 0 Å². The van der Waals surface area contributed by atoms with Gasteiger partial charge >= 0.3 is 0 Å². The Bertz CT molecular complexity index is 544. The molecular formula is C16H14Cl2O2. The summed E-state index contributed by atoms with van der Waals surface area (Å²) in [5.74, 6) is 0. The van der Waals surface area contributed by atoms with Crippen LogP contribution < -0.4 is 0 Å². The lowest BCUT2D eigenvalue weighted by Crippen LogP contribution is -2.27. The van der Waals surface area contributed by atoms with Crippen LogP contribution in [0.3, 0.4) is 0 Å². The smallest absolute Gasteiger partial charge is 0.189 e. The van der Waals surface area contributed by atoms with Gasteiger partial charge in [0.05, 0.1) is 0 Å². The molecule has 0 amide bonds. The van der Waals surface area contributed by atoms with Gasteiger partial charge in [0.1, 0.15) is 5.60 Å². The van der Waals surface area contributed by atoms with Gasteiger partial charge in [0, 0.05) is 6.42 Å². The van der Waals surface area contributed by atoms with E-state index in [1.807, 2.05) is 60.7 Å². The van der Waals surface area contributed by atoms with E-state index < -0.39 is 16.2 Å². The topological polar surface area (TPSA) is 29.5 Å². The number of alkyl halides is 2. The Labute approximate surface area is 127 Å². The molecule has 4 heteroatoms. The summed E-state index contributed by atoms with van der Waals surface area (Å²) in [6, 6.07) is 19.4. The van der Waals surface area contributed by atoms with Crippen LogP contribution in [0, 0.1) is 0 Å². The molecule has 1 aliphatic rings. The van der Waals surface area contributed by atoms with Crippen molar-refractivity contribution < 1.29 is 9.84 Å². The molecule has 1 N–H and O–H groups in total. The van der Waals surface area contributed by atoms with E-state index in [1.165, 1.54) is 0 Å². The number of aliphatic hydroxyl groups excluding tert-OH is 1. The largest absolute Gasteiger partial charge is 0.365 e. The molecule has 1 heterocycles. The summed E-state index contributed by atoms with van der Waals surface area (Å²) in [6.45, 7) is 0. The van der Waals surface area contributed by atoms with E-state index >= 15 is 0 Å². The quantitative estimate of drug-likeness (QED) is 0.854. The maximum absolute atomic E-state index is 10.0. The maximum Gasteiger partial charge on any atom is 0.189 e. The summed E-state index contributed by atoms with van der Waals surface area (Å²) in [7, 11) is 0. The van der Waals surface area contributed by atoms with Crippen molar-refractivity contribution in [1.82, 2.24) is 0 Å². The molecule has 1 aliphatic heterocycles. The normalized spacial score (nSPS) is 23.6. The van der Waals surface area contributed by atoms with E-state index in [1.54, 1.807) is 0 Å². The summed E-state index contributed by atoms with van der Waals surface area (Å²) in [4.78, 5) is 0. The molecule has 1 saturated heterocycles. The lowest BCUT2D eigenvalue weighted by Gasteiger charge is -2.29. The molecule has 0 unspecified atom stereocenters. The minimum absolute atomic E-state index is 0.290. The van der Waals surface area contributed by atoms with Crippen LogP contribution in [0.25, 0.3) is 0 Å². The van der Waals surface area contributed by atoms with Gasteiger partial charge in [-0.25, -0.2) is 0 Å². The number of hydrogen-bond donors (Lipinski definition) is 1. The first-order chi connectivity index (χ1) is 9.55. The molecule has 0 radical (unpaired) electrons. The summed E-state index contributed by atoms with van der Waals surface area (Å²) >= 11 is 12.4. The second-order valence-corrected chi connectivity index (χ2v) is 6.51. The van der Waals surface area contributed by atoms with Crippen LogP contribution in [0.1, 0.15) is 17.5 Å². The van der Waals surface area contributed by atoms with Crippen molar-refractivity contribution in [2.24, 2.45) is 0 Å². The zero-order valence-electron chi connectivity index (χ0n) is 10.7. The fourth-order valence-corrected chi connectivity index (χ4v) is 3.12.